The molecule has 5 aliphatic rings. The minimum absolute atomic E-state index is 0.00883. The molecule has 5 heterocycles. The molecule has 25 unspecified atom stereocenters. The molecule has 5 saturated heterocycles. The number of nitro benzene ring substituents is 1. The summed E-state index contributed by atoms with van der Waals surface area (Å²) in [5, 5.41) is 145. The van der Waals surface area contributed by atoms with Crippen LogP contribution in [0.15, 0.2) is 24.3 Å². The van der Waals surface area contributed by atoms with Gasteiger partial charge in [-0.15, -0.1) is 0 Å². The van der Waals surface area contributed by atoms with Crippen LogP contribution < -0.4 is 31.3 Å². The molecular weight excluding hydrogens is 1080 g/mol. The monoisotopic (exact) mass is 1150 g/mol. The summed E-state index contributed by atoms with van der Waals surface area (Å²) in [7, 11) is 0. The van der Waals surface area contributed by atoms with Crippen molar-refractivity contribution in [3.05, 3.63) is 34.4 Å². The van der Waals surface area contributed by atoms with Crippen LogP contribution >= 0.6 is 0 Å². The van der Waals surface area contributed by atoms with Crippen molar-refractivity contribution in [2.45, 2.75) is 188 Å². The topological polar surface area (TPSA) is 503 Å². The Kier molecular flexibility index (Phi) is 22.7. The maximum atomic E-state index is 12.8. The third-order valence-electron chi connectivity index (χ3n) is 13.6. The van der Waals surface area contributed by atoms with E-state index in [4.69, 9.17) is 47.4 Å². The predicted octanol–water partition coefficient (Wildman–Crippen LogP) is -9.21. The SMILES string of the molecule is CC(=O)NC1C(OC2C(CO)OC(OC3C(CO)OC(OC4C(CO)OC(OC5C(CO)OC(Oc6ccc([N+](=O)[O-])cc6)C(NC(C)=O)C5O)C(NC(C)=O)C4O)C(NC(C)=O)C3O)C(NC(C)=O)C2O)OC(CO)C(O)C1O. The Morgan fingerprint density at radius 3 is 0.938 bits per heavy atom. The van der Waals surface area contributed by atoms with Crippen molar-refractivity contribution in [1.82, 2.24) is 26.6 Å². The third-order valence-corrected chi connectivity index (χ3v) is 13.6. The van der Waals surface area contributed by atoms with Gasteiger partial charge in [0.1, 0.15) is 128 Å². The van der Waals surface area contributed by atoms with Gasteiger partial charge in [0.15, 0.2) is 25.2 Å². The normalized spacial score (nSPS) is 40.2. The van der Waals surface area contributed by atoms with E-state index in [0.29, 0.717) is 0 Å². The van der Waals surface area contributed by atoms with Crippen LogP contribution in [0, 0.1) is 10.1 Å². The molecule has 1 aromatic rings. The molecule has 0 aromatic heterocycles. The van der Waals surface area contributed by atoms with E-state index in [9.17, 15) is 90.3 Å². The first-order valence-electron chi connectivity index (χ1n) is 25.1. The number of nitrogens with one attached hydrogen (secondary N) is 5. The molecule has 452 valence electrons. The summed E-state index contributed by atoms with van der Waals surface area (Å²) in [6, 6.07) is -3.51. The molecule has 1 aromatic carbocycles. The van der Waals surface area contributed by atoms with Gasteiger partial charge >= 0.3 is 0 Å². The van der Waals surface area contributed by atoms with E-state index in [0.717, 1.165) is 46.8 Å². The van der Waals surface area contributed by atoms with Crippen LogP contribution in [0.1, 0.15) is 34.6 Å². The molecule has 34 heteroatoms. The van der Waals surface area contributed by atoms with Crippen molar-refractivity contribution >= 4 is 35.2 Å². The Labute approximate surface area is 454 Å². The van der Waals surface area contributed by atoms with Crippen LogP contribution in [-0.2, 0) is 66.6 Å². The van der Waals surface area contributed by atoms with Crippen LogP contribution in [0.2, 0.25) is 0 Å². The van der Waals surface area contributed by atoms with Crippen molar-refractivity contribution < 1.29 is 132 Å². The summed E-state index contributed by atoms with van der Waals surface area (Å²) < 4.78 is 59.8. The molecule has 0 radical (unpaired) electrons. The average molecular weight is 1160 g/mol. The van der Waals surface area contributed by atoms with E-state index in [1.54, 1.807) is 0 Å². The Bertz CT molecular complexity index is 2260. The average Bonchev–Trinajstić information content (AvgIpc) is 3.55. The van der Waals surface area contributed by atoms with Gasteiger partial charge in [-0.05, 0) is 12.1 Å². The van der Waals surface area contributed by atoms with Crippen LogP contribution in [0.25, 0.3) is 0 Å². The highest BCUT2D eigenvalue weighted by Gasteiger charge is 2.58. The number of carbonyl (C=O) groups is 5. The number of nitrogens with zero attached hydrogens (tertiary/aromatic N) is 1. The zero-order valence-electron chi connectivity index (χ0n) is 43.6. The number of hydrogen-bond donors (Lipinski definition) is 16. The van der Waals surface area contributed by atoms with Gasteiger partial charge in [-0.2, -0.15) is 0 Å². The Hall–Kier alpha value is -5.03. The zero-order valence-corrected chi connectivity index (χ0v) is 43.6. The van der Waals surface area contributed by atoms with E-state index < -0.39 is 221 Å². The van der Waals surface area contributed by atoms with Gasteiger partial charge in [-0.25, -0.2) is 0 Å². The molecule has 16 N–H and O–H groups in total. The number of rotatable bonds is 21. The summed E-state index contributed by atoms with van der Waals surface area (Å²) in [6.45, 7) is 0.534. The van der Waals surface area contributed by atoms with Crippen LogP contribution in [-0.4, -0.2) is 277 Å². The highest BCUT2D eigenvalue weighted by molar-refractivity contribution is 5.75. The quantitative estimate of drug-likeness (QED) is 0.0401. The Balaban J connectivity index is 1.22. The lowest BCUT2D eigenvalue weighted by Gasteiger charge is -2.51. The van der Waals surface area contributed by atoms with E-state index in [2.05, 4.69) is 26.6 Å². The summed E-state index contributed by atoms with van der Waals surface area (Å²) in [4.78, 5) is 73.2. The van der Waals surface area contributed by atoms with E-state index in [1.807, 2.05) is 0 Å². The van der Waals surface area contributed by atoms with Crippen LogP contribution in [0.3, 0.4) is 0 Å². The fourth-order valence-electron chi connectivity index (χ4n) is 9.93. The maximum Gasteiger partial charge on any atom is 0.269 e. The molecule has 5 amide bonds. The van der Waals surface area contributed by atoms with Crippen molar-refractivity contribution in [3.8, 4) is 5.75 Å². The molecule has 0 saturated carbocycles. The molecule has 80 heavy (non-hydrogen) atoms. The minimum atomic E-state index is -2.03. The molecule has 0 aliphatic carbocycles. The Morgan fingerprint density at radius 2 is 0.675 bits per heavy atom. The van der Waals surface area contributed by atoms with Gasteiger partial charge in [-0.1, -0.05) is 0 Å². The van der Waals surface area contributed by atoms with Crippen molar-refractivity contribution in [2.75, 3.05) is 33.0 Å². The minimum Gasteiger partial charge on any atom is -0.463 e. The number of nitro groups is 1. The molecule has 5 fully saturated rings. The van der Waals surface area contributed by atoms with Crippen LogP contribution in [0.4, 0.5) is 5.69 Å². The molecule has 6 rings (SSSR count). The lowest BCUT2D eigenvalue weighted by molar-refractivity contribution is -0.384. The smallest absolute Gasteiger partial charge is 0.269 e. The number of benzene rings is 1. The van der Waals surface area contributed by atoms with Gasteiger partial charge in [0.2, 0.25) is 35.8 Å². The van der Waals surface area contributed by atoms with Gasteiger partial charge in [-0.3, -0.25) is 34.1 Å². The van der Waals surface area contributed by atoms with E-state index in [1.165, 1.54) is 12.1 Å². The summed E-state index contributed by atoms with van der Waals surface area (Å²) in [5.41, 5.74) is -0.281. The number of aliphatic hydroxyl groups excluding tert-OH is 11. The fourth-order valence-corrected chi connectivity index (χ4v) is 9.93. The third kappa shape index (κ3) is 15.0. The number of hydrogen-bond acceptors (Lipinski definition) is 28. The van der Waals surface area contributed by atoms with E-state index in [-0.39, 0.29) is 11.4 Å². The van der Waals surface area contributed by atoms with Gasteiger partial charge in [0, 0.05) is 46.8 Å². The second kappa shape index (κ2) is 28.3. The maximum absolute atomic E-state index is 12.8. The number of ether oxygens (including phenoxy) is 10. The summed E-state index contributed by atoms with van der Waals surface area (Å²) >= 11 is 0. The lowest BCUT2D eigenvalue weighted by Crippen LogP contribution is -2.72. The van der Waals surface area contributed by atoms with E-state index >= 15 is 0 Å². The first-order chi connectivity index (χ1) is 37.8. The van der Waals surface area contributed by atoms with Gasteiger partial charge < -0.3 is 130 Å². The fraction of sp³-hybridized carbons (Fsp3) is 0.761. The first-order valence-corrected chi connectivity index (χ1v) is 25.1. The number of non-ortho nitro benzene ring substituents is 1. The first kappa shape index (κ1) is 64.1. The second-order valence-corrected chi connectivity index (χ2v) is 19.5. The van der Waals surface area contributed by atoms with Crippen molar-refractivity contribution in [2.24, 2.45) is 0 Å². The van der Waals surface area contributed by atoms with Gasteiger partial charge in [0.25, 0.3) is 5.69 Å². The standard InChI is InChI=1S/C46H70N6O28/c1-15(58)47-27-33(64)32(63)22(10-53)72-43(27)77-39-24(12-55)74-45(29(35(39)66)49-17(3)60)79-41-26(14-57)76-46(31(37(41)68)51-19(5)62)80-40-25(13-56)75-44(30(36(40)67)50-18(4)61)78-38-23(11-54)73-42(28(34(38)65)48-16(2)59)71-21-8-6-20(7-9-21)52(69)70/h6-9,22-46,53-57,63-68H,10-14H2,1-5H3,(H,47,58)(H,48,59)(H,49,60)(H,50,61)(H,51,62). The van der Waals surface area contributed by atoms with Crippen molar-refractivity contribution in [3.63, 3.8) is 0 Å². The molecule has 34 nitrogen and oxygen atoms in total. The number of aliphatic hydroxyl groups is 11. The summed E-state index contributed by atoms with van der Waals surface area (Å²) in [5.74, 6) is -3.87. The number of amides is 5. The largest absolute Gasteiger partial charge is 0.463 e. The molecular formula is C46H70N6O28. The summed E-state index contributed by atoms with van der Waals surface area (Å²) in [6.07, 6.45) is -35.4. The van der Waals surface area contributed by atoms with Crippen molar-refractivity contribution in [1.29, 1.82) is 0 Å². The second-order valence-electron chi connectivity index (χ2n) is 19.5. The zero-order chi connectivity index (χ0) is 59.0. The van der Waals surface area contributed by atoms with Gasteiger partial charge in [0.05, 0.1) is 38.0 Å². The Morgan fingerprint density at radius 1 is 0.425 bits per heavy atom. The molecule has 0 spiro atoms. The predicted molar refractivity (Wildman–Crippen MR) is 256 cm³/mol. The highest BCUT2D eigenvalue weighted by Crippen LogP contribution is 2.36. The molecule has 0 bridgehead atoms. The number of carbonyl (C=O) groups excluding carboxylic acids is 5. The highest BCUT2D eigenvalue weighted by atomic mass is 16.8. The molecule has 5 aliphatic heterocycles. The van der Waals surface area contributed by atoms with Crippen LogP contribution in [0.5, 0.6) is 5.75 Å². The lowest BCUT2D eigenvalue weighted by atomic mass is 9.93. The molecule has 25 atom stereocenters.